The van der Waals surface area contributed by atoms with E-state index in [4.69, 9.17) is 4.74 Å². The van der Waals surface area contributed by atoms with E-state index in [9.17, 15) is 4.79 Å². The Morgan fingerprint density at radius 3 is 2.65 bits per heavy atom. The average molecular weight is 296 g/mol. The van der Waals surface area contributed by atoms with Crippen molar-refractivity contribution in [2.45, 2.75) is 45.2 Å². The minimum Gasteiger partial charge on any atom is -0.465 e. The molecule has 1 aromatic rings. The molecule has 0 aliphatic heterocycles. The largest absolute Gasteiger partial charge is 0.465 e. The summed E-state index contributed by atoms with van der Waals surface area (Å²) >= 11 is 1.58. The first-order chi connectivity index (χ1) is 9.41. The van der Waals surface area contributed by atoms with E-state index in [1.54, 1.807) is 11.8 Å². The molecule has 0 saturated carbocycles. The Balaban J connectivity index is 2.78. The Bertz CT molecular complexity index is 445. The molecular weight excluding hydrogens is 272 g/mol. The number of esters is 1. The van der Waals surface area contributed by atoms with E-state index in [1.807, 2.05) is 46.8 Å². The van der Waals surface area contributed by atoms with Crippen LogP contribution in [-0.2, 0) is 9.53 Å². The summed E-state index contributed by atoms with van der Waals surface area (Å²) in [6, 6.07) is 4.08. The van der Waals surface area contributed by atoms with Gasteiger partial charge in [-0.25, -0.2) is 4.98 Å². The topological polar surface area (TPSA) is 51.2 Å². The number of rotatable bonds is 7. The number of likely N-dealkylation sites (N-methyl/N-ethyl adjacent to an activating group) is 1. The summed E-state index contributed by atoms with van der Waals surface area (Å²) in [5.41, 5.74) is 1.49. The summed E-state index contributed by atoms with van der Waals surface area (Å²) in [7, 11) is 0. The zero-order valence-electron chi connectivity index (χ0n) is 12.9. The summed E-state index contributed by atoms with van der Waals surface area (Å²) < 4.78 is 5.16. The van der Waals surface area contributed by atoms with Crippen LogP contribution in [0.15, 0.2) is 17.2 Å². The summed E-state index contributed by atoms with van der Waals surface area (Å²) in [6.07, 6.45) is 0. The fourth-order valence-electron chi connectivity index (χ4n) is 1.96. The summed E-state index contributed by atoms with van der Waals surface area (Å²) in [4.78, 5) is 16.6. The van der Waals surface area contributed by atoms with Crippen LogP contribution in [0.5, 0.6) is 0 Å². The van der Waals surface area contributed by atoms with E-state index in [-0.39, 0.29) is 5.97 Å². The van der Waals surface area contributed by atoms with Crippen molar-refractivity contribution in [2.24, 2.45) is 0 Å². The van der Waals surface area contributed by atoms with Gasteiger partial charge in [-0.05, 0) is 51.9 Å². The second-order valence-electron chi connectivity index (χ2n) is 5.00. The number of carbonyl (C=O) groups excluding carboxylic acids is 1. The van der Waals surface area contributed by atoms with E-state index in [0.717, 1.165) is 17.3 Å². The number of carbonyl (C=O) groups is 1. The quantitative estimate of drug-likeness (QED) is 0.619. The average Bonchev–Trinajstić information content (AvgIpc) is 2.36. The predicted octanol–water partition coefficient (Wildman–Crippen LogP) is 2.72. The van der Waals surface area contributed by atoms with Gasteiger partial charge in [0.1, 0.15) is 5.54 Å². The zero-order chi connectivity index (χ0) is 15.2. The molecule has 0 aliphatic carbocycles. The summed E-state index contributed by atoms with van der Waals surface area (Å²) in [6.45, 7) is 10.8. The van der Waals surface area contributed by atoms with Gasteiger partial charge in [-0.15, -0.1) is 11.8 Å². The third-order valence-corrected chi connectivity index (χ3v) is 4.10. The lowest BCUT2D eigenvalue weighted by molar-refractivity contribution is -0.149. The summed E-state index contributed by atoms with van der Waals surface area (Å²) in [5, 5.41) is 4.16. The lowest BCUT2D eigenvalue weighted by Gasteiger charge is -2.27. The lowest BCUT2D eigenvalue weighted by Crippen LogP contribution is -2.52. The van der Waals surface area contributed by atoms with Gasteiger partial charge in [0.2, 0.25) is 0 Å². The fraction of sp³-hybridized carbons (Fsp3) is 0.600. The maximum atomic E-state index is 12.1. The number of ether oxygens (including phenoxy) is 1. The molecule has 1 aromatic heterocycles. The van der Waals surface area contributed by atoms with E-state index < -0.39 is 5.54 Å². The van der Waals surface area contributed by atoms with Crippen LogP contribution in [-0.4, -0.2) is 35.4 Å². The molecular formula is C15H24N2O2S. The van der Waals surface area contributed by atoms with Gasteiger partial charge >= 0.3 is 5.97 Å². The van der Waals surface area contributed by atoms with Gasteiger partial charge in [0, 0.05) is 11.4 Å². The normalized spacial score (nSPS) is 13.8. The van der Waals surface area contributed by atoms with Crippen LogP contribution in [0.4, 0.5) is 0 Å². The Kier molecular flexibility index (Phi) is 6.49. The smallest absolute Gasteiger partial charge is 0.326 e. The molecule has 4 nitrogen and oxygen atoms in total. The number of pyridine rings is 1. The third kappa shape index (κ3) is 4.80. The third-order valence-electron chi connectivity index (χ3n) is 2.88. The van der Waals surface area contributed by atoms with Crippen molar-refractivity contribution in [3.8, 4) is 0 Å². The van der Waals surface area contributed by atoms with Gasteiger partial charge in [-0.1, -0.05) is 6.92 Å². The molecule has 0 fully saturated rings. The molecule has 0 bridgehead atoms. The van der Waals surface area contributed by atoms with Gasteiger partial charge in [-0.2, -0.15) is 0 Å². The second-order valence-corrected chi connectivity index (χ2v) is 5.99. The molecule has 0 radical (unpaired) electrons. The lowest BCUT2D eigenvalue weighted by atomic mass is 10.1. The number of aryl methyl sites for hydroxylation is 2. The Morgan fingerprint density at radius 2 is 2.10 bits per heavy atom. The first-order valence-electron chi connectivity index (χ1n) is 6.91. The number of hydrogen-bond donors (Lipinski definition) is 1. The predicted molar refractivity (Wildman–Crippen MR) is 83.1 cm³/mol. The monoisotopic (exact) mass is 296 g/mol. The SMILES string of the molecule is CCNC(C)(CSc1cc(C)cc(C)n1)C(=O)OCC. The molecule has 0 aromatic carbocycles. The van der Waals surface area contributed by atoms with Gasteiger partial charge in [0.15, 0.2) is 0 Å². The molecule has 5 heteroatoms. The molecule has 1 rings (SSSR count). The van der Waals surface area contributed by atoms with Gasteiger partial charge in [0.25, 0.3) is 0 Å². The molecule has 0 saturated heterocycles. The number of thioether (sulfide) groups is 1. The fourth-order valence-corrected chi connectivity index (χ4v) is 3.09. The number of hydrogen-bond acceptors (Lipinski definition) is 5. The van der Waals surface area contributed by atoms with Crippen LogP contribution in [0, 0.1) is 13.8 Å². The van der Waals surface area contributed by atoms with Gasteiger partial charge in [-0.3, -0.25) is 4.79 Å². The highest BCUT2D eigenvalue weighted by atomic mass is 32.2. The molecule has 1 unspecified atom stereocenters. The number of nitrogens with one attached hydrogen (secondary N) is 1. The van der Waals surface area contributed by atoms with Crippen LogP contribution in [0.1, 0.15) is 32.0 Å². The van der Waals surface area contributed by atoms with E-state index in [1.165, 1.54) is 5.56 Å². The van der Waals surface area contributed by atoms with Crippen molar-refractivity contribution < 1.29 is 9.53 Å². The minimum atomic E-state index is -0.686. The zero-order valence-corrected chi connectivity index (χ0v) is 13.8. The van der Waals surface area contributed by atoms with Crippen molar-refractivity contribution in [2.75, 3.05) is 18.9 Å². The molecule has 0 amide bonds. The molecule has 0 aliphatic rings. The van der Waals surface area contributed by atoms with E-state index in [2.05, 4.69) is 10.3 Å². The highest BCUT2D eigenvalue weighted by Crippen LogP contribution is 2.23. The molecule has 20 heavy (non-hydrogen) atoms. The standard InChI is InChI=1S/C15H24N2O2S/c1-6-16-15(5,14(18)19-7-2)10-20-13-9-11(3)8-12(4)17-13/h8-9,16H,6-7,10H2,1-5H3. The minimum absolute atomic E-state index is 0.210. The molecule has 0 spiro atoms. The van der Waals surface area contributed by atoms with Crippen LogP contribution in [0.2, 0.25) is 0 Å². The van der Waals surface area contributed by atoms with Crippen molar-refractivity contribution in [3.05, 3.63) is 23.4 Å². The van der Waals surface area contributed by atoms with E-state index in [0.29, 0.717) is 12.4 Å². The van der Waals surface area contributed by atoms with Gasteiger partial charge in [0.05, 0.1) is 11.6 Å². The Hall–Kier alpha value is -1.07. The van der Waals surface area contributed by atoms with Crippen molar-refractivity contribution >= 4 is 17.7 Å². The highest BCUT2D eigenvalue weighted by molar-refractivity contribution is 7.99. The summed E-state index contributed by atoms with van der Waals surface area (Å²) in [5.74, 6) is 0.383. The molecule has 112 valence electrons. The van der Waals surface area contributed by atoms with Crippen LogP contribution in [0.25, 0.3) is 0 Å². The van der Waals surface area contributed by atoms with E-state index >= 15 is 0 Å². The Labute approximate surface area is 125 Å². The molecule has 1 N–H and O–H groups in total. The maximum Gasteiger partial charge on any atom is 0.326 e. The number of nitrogens with zero attached hydrogens (tertiary/aromatic N) is 1. The first-order valence-corrected chi connectivity index (χ1v) is 7.90. The Morgan fingerprint density at radius 1 is 1.40 bits per heavy atom. The second kappa shape index (κ2) is 7.64. The maximum absolute atomic E-state index is 12.1. The highest BCUT2D eigenvalue weighted by Gasteiger charge is 2.34. The number of aromatic nitrogens is 1. The molecule has 1 heterocycles. The van der Waals surface area contributed by atoms with Crippen molar-refractivity contribution in [3.63, 3.8) is 0 Å². The van der Waals surface area contributed by atoms with Crippen molar-refractivity contribution in [1.82, 2.24) is 10.3 Å². The van der Waals surface area contributed by atoms with Crippen LogP contribution < -0.4 is 5.32 Å². The molecule has 1 atom stereocenters. The van der Waals surface area contributed by atoms with Crippen LogP contribution in [0.3, 0.4) is 0 Å². The first kappa shape index (κ1) is 17.0. The van der Waals surface area contributed by atoms with Gasteiger partial charge < -0.3 is 10.1 Å². The van der Waals surface area contributed by atoms with Crippen LogP contribution >= 0.6 is 11.8 Å². The van der Waals surface area contributed by atoms with Crippen molar-refractivity contribution in [1.29, 1.82) is 0 Å².